The molecule has 0 radical (unpaired) electrons. The summed E-state index contributed by atoms with van der Waals surface area (Å²) in [5.74, 6) is -0.0215. The second-order valence-electron chi connectivity index (χ2n) is 5.66. The molecule has 0 unspecified atom stereocenters. The summed E-state index contributed by atoms with van der Waals surface area (Å²) in [5, 5.41) is 2.91. The van der Waals surface area contributed by atoms with E-state index in [9.17, 15) is 4.79 Å². The van der Waals surface area contributed by atoms with Gasteiger partial charge in [0.2, 0.25) is 5.91 Å². The summed E-state index contributed by atoms with van der Waals surface area (Å²) < 4.78 is 0. The van der Waals surface area contributed by atoms with Crippen molar-refractivity contribution < 1.29 is 4.79 Å². The van der Waals surface area contributed by atoms with E-state index in [-0.39, 0.29) is 5.91 Å². The maximum Gasteiger partial charge on any atom is 0.238 e. The molecule has 4 nitrogen and oxygen atoms in total. The molecule has 1 saturated carbocycles. The second kappa shape index (κ2) is 7.52. The van der Waals surface area contributed by atoms with Crippen molar-refractivity contribution in [1.82, 2.24) is 4.90 Å². The van der Waals surface area contributed by atoms with Crippen molar-refractivity contribution in [3.8, 4) is 0 Å². The number of carbonyl (C=O) groups is 1. The van der Waals surface area contributed by atoms with Gasteiger partial charge in [-0.1, -0.05) is 43.6 Å². The van der Waals surface area contributed by atoms with Crippen LogP contribution in [-0.4, -0.2) is 35.4 Å². The Balaban J connectivity index is 1.94. The van der Waals surface area contributed by atoms with Gasteiger partial charge in [-0.2, -0.15) is 0 Å². The molecule has 0 spiro atoms. The lowest BCUT2D eigenvalue weighted by atomic mass is 9.94. The van der Waals surface area contributed by atoms with Crippen LogP contribution in [0.15, 0.2) is 24.3 Å². The first-order chi connectivity index (χ1) is 10.1. The monoisotopic (exact) mass is 305 g/mol. The Labute approximate surface area is 131 Å². The lowest BCUT2D eigenvalue weighted by Crippen LogP contribution is -2.39. The van der Waals surface area contributed by atoms with Crippen LogP contribution < -0.4 is 11.1 Å². The molecular formula is C16H23N3OS. The molecule has 1 fully saturated rings. The van der Waals surface area contributed by atoms with Crippen molar-refractivity contribution in [2.45, 2.75) is 38.1 Å². The number of benzene rings is 1. The zero-order valence-electron chi connectivity index (χ0n) is 12.5. The van der Waals surface area contributed by atoms with Crippen molar-refractivity contribution in [1.29, 1.82) is 0 Å². The van der Waals surface area contributed by atoms with Crippen molar-refractivity contribution in [3.05, 3.63) is 29.8 Å². The molecule has 0 heterocycles. The normalized spacial score (nSPS) is 15.9. The Morgan fingerprint density at radius 1 is 1.33 bits per heavy atom. The Bertz CT molecular complexity index is 512. The average molecular weight is 305 g/mol. The third-order valence-corrected chi connectivity index (χ3v) is 4.28. The Hall–Kier alpha value is -1.46. The summed E-state index contributed by atoms with van der Waals surface area (Å²) in [4.78, 5) is 14.7. The van der Waals surface area contributed by atoms with Crippen molar-refractivity contribution >= 4 is 28.8 Å². The third kappa shape index (κ3) is 4.51. The molecule has 3 N–H and O–H groups in total. The summed E-state index contributed by atoms with van der Waals surface area (Å²) >= 11 is 5.01. The first-order valence-corrected chi connectivity index (χ1v) is 7.87. The Morgan fingerprint density at radius 2 is 2.00 bits per heavy atom. The summed E-state index contributed by atoms with van der Waals surface area (Å²) in [6, 6.07) is 7.89. The van der Waals surface area contributed by atoms with Crippen LogP contribution in [-0.2, 0) is 4.79 Å². The number of amides is 1. The van der Waals surface area contributed by atoms with Crippen LogP contribution in [0.2, 0.25) is 0 Å². The molecule has 1 aromatic carbocycles. The third-order valence-electron chi connectivity index (χ3n) is 4.06. The second-order valence-corrected chi connectivity index (χ2v) is 6.10. The number of hydrogen-bond donors (Lipinski definition) is 2. The molecule has 5 heteroatoms. The van der Waals surface area contributed by atoms with Crippen molar-refractivity contribution in [2.24, 2.45) is 5.73 Å². The highest BCUT2D eigenvalue weighted by atomic mass is 32.1. The van der Waals surface area contributed by atoms with E-state index in [2.05, 4.69) is 10.2 Å². The van der Waals surface area contributed by atoms with E-state index in [1.807, 2.05) is 31.3 Å². The number of nitrogens with two attached hydrogens (primary N) is 1. The zero-order valence-corrected chi connectivity index (χ0v) is 13.3. The molecule has 0 bridgehead atoms. The summed E-state index contributed by atoms with van der Waals surface area (Å²) in [6.45, 7) is 0.399. The van der Waals surface area contributed by atoms with Crippen molar-refractivity contribution in [2.75, 3.05) is 18.9 Å². The molecule has 0 atom stereocenters. The highest BCUT2D eigenvalue weighted by molar-refractivity contribution is 7.80. The molecule has 1 aromatic rings. The van der Waals surface area contributed by atoms with Gasteiger partial charge < -0.3 is 11.1 Å². The number of para-hydroxylation sites is 1. The Kier molecular flexibility index (Phi) is 5.70. The predicted octanol–water partition coefficient (Wildman–Crippen LogP) is 2.52. The van der Waals surface area contributed by atoms with E-state index in [0.717, 1.165) is 0 Å². The van der Waals surface area contributed by atoms with Gasteiger partial charge in [-0.15, -0.1) is 0 Å². The predicted molar refractivity (Wildman–Crippen MR) is 90.5 cm³/mol. The van der Waals surface area contributed by atoms with E-state index in [4.69, 9.17) is 18.0 Å². The standard InChI is InChI=1S/C16H23N3OS/c1-19(12-7-3-2-4-8-12)11-15(20)18-14-10-6-5-9-13(14)16(17)21/h5-6,9-10,12H,2-4,7-8,11H2,1H3,(H2,17,21)(H,18,20). The van der Waals surface area contributed by atoms with Crippen LogP contribution in [0, 0.1) is 0 Å². The van der Waals surface area contributed by atoms with Gasteiger partial charge in [0.1, 0.15) is 4.99 Å². The van der Waals surface area contributed by atoms with Crippen LogP contribution in [0.5, 0.6) is 0 Å². The van der Waals surface area contributed by atoms with Crippen molar-refractivity contribution in [3.63, 3.8) is 0 Å². The van der Waals surface area contributed by atoms with Crippen LogP contribution in [0.25, 0.3) is 0 Å². The van der Waals surface area contributed by atoms with E-state index in [1.165, 1.54) is 32.1 Å². The number of hydrogen-bond acceptors (Lipinski definition) is 3. The maximum absolute atomic E-state index is 12.2. The van der Waals surface area contributed by atoms with Gasteiger partial charge in [0.05, 0.1) is 12.2 Å². The lowest BCUT2D eigenvalue weighted by molar-refractivity contribution is -0.117. The number of rotatable bonds is 5. The molecule has 114 valence electrons. The molecule has 0 aromatic heterocycles. The van der Waals surface area contributed by atoms with Crippen LogP contribution in [0.4, 0.5) is 5.69 Å². The minimum Gasteiger partial charge on any atom is -0.389 e. The molecular weight excluding hydrogens is 282 g/mol. The van der Waals surface area contributed by atoms with E-state index < -0.39 is 0 Å². The van der Waals surface area contributed by atoms with Gasteiger partial charge in [-0.05, 0) is 32.0 Å². The molecule has 0 saturated heterocycles. The number of nitrogens with zero attached hydrogens (tertiary/aromatic N) is 1. The van der Waals surface area contributed by atoms with Crippen LogP contribution in [0.1, 0.15) is 37.7 Å². The highest BCUT2D eigenvalue weighted by Gasteiger charge is 2.20. The number of nitrogens with one attached hydrogen (secondary N) is 1. The quantitative estimate of drug-likeness (QED) is 0.821. The fourth-order valence-corrected chi connectivity index (χ4v) is 3.05. The Morgan fingerprint density at radius 3 is 2.67 bits per heavy atom. The highest BCUT2D eigenvalue weighted by Crippen LogP contribution is 2.21. The van der Waals surface area contributed by atoms with Gasteiger partial charge in [0, 0.05) is 11.6 Å². The molecule has 1 aliphatic carbocycles. The fourth-order valence-electron chi connectivity index (χ4n) is 2.87. The minimum absolute atomic E-state index is 0.0215. The molecule has 0 aliphatic heterocycles. The topological polar surface area (TPSA) is 58.4 Å². The number of likely N-dealkylation sites (N-methyl/N-ethyl adjacent to an activating group) is 1. The van der Waals surface area contributed by atoms with Gasteiger partial charge in [-0.25, -0.2) is 0 Å². The lowest BCUT2D eigenvalue weighted by Gasteiger charge is -2.30. The minimum atomic E-state index is -0.0215. The van der Waals surface area contributed by atoms with Crippen LogP contribution in [0.3, 0.4) is 0 Å². The summed E-state index contributed by atoms with van der Waals surface area (Å²) in [7, 11) is 2.02. The smallest absolute Gasteiger partial charge is 0.238 e. The fraction of sp³-hybridized carbons (Fsp3) is 0.500. The number of thiocarbonyl (C=S) groups is 1. The van der Waals surface area contributed by atoms with Crippen LogP contribution >= 0.6 is 12.2 Å². The maximum atomic E-state index is 12.2. The molecule has 1 amide bonds. The van der Waals surface area contributed by atoms with Gasteiger partial charge >= 0.3 is 0 Å². The van der Waals surface area contributed by atoms with Gasteiger partial charge in [0.15, 0.2) is 0 Å². The molecule has 2 rings (SSSR count). The average Bonchev–Trinajstić information content (AvgIpc) is 2.48. The number of carbonyl (C=O) groups excluding carboxylic acids is 1. The van der Waals surface area contributed by atoms with E-state index in [0.29, 0.717) is 28.8 Å². The van der Waals surface area contributed by atoms with Gasteiger partial charge in [-0.3, -0.25) is 9.69 Å². The molecule has 1 aliphatic rings. The summed E-state index contributed by atoms with van der Waals surface area (Å²) in [5.41, 5.74) is 7.07. The molecule has 21 heavy (non-hydrogen) atoms. The number of anilines is 1. The van der Waals surface area contributed by atoms with Gasteiger partial charge in [0.25, 0.3) is 0 Å². The first kappa shape index (κ1) is 15.9. The van der Waals surface area contributed by atoms with E-state index in [1.54, 1.807) is 0 Å². The largest absolute Gasteiger partial charge is 0.389 e. The SMILES string of the molecule is CN(CC(=O)Nc1ccccc1C(N)=S)C1CCCCC1. The first-order valence-electron chi connectivity index (χ1n) is 7.47. The van der Waals surface area contributed by atoms with E-state index >= 15 is 0 Å². The zero-order chi connectivity index (χ0) is 15.2. The summed E-state index contributed by atoms with van der Waals surface area (Å²) in [6.07, 6.45) is 6.22.